The zero-order valence-corrected chi connectivity index (χ0v) is 12.1. The van der Waals surface area contributed by atoms with Gasteiger partial charge in [0.15, 0.2) is 0 Å². The lowest BCUT2D eigenvalue weighted by Gasteiger charge is -2.10. The van der Waals surface area contributed by atoms with Crippen molar-refractivity contribution in [2.24, 2.45) is 0 Å². The van der Waals surface area contributed by atoms with E-state index in [0.29, 0.717) is 17.3 Å². The lowest BCUT2D eigenvalue weighted by molar-refractivity contribution is 0.629. The molecule has 1 nitrogen and oxygen atoms in total. The monoisotopic (exact) mass is 327 g/mol. The molecule has 2 aromatic rings. The minimum atomic E-state index is -0.236. The molecule has 0 spiro atoms. The Morgan fingerprint density at radius 1 is 1.22 bits per heavy atom. The fraction of sp³-hybridized carbons (Fsp3) is 0.143. The fourth-order valence-electron chi connectivity index (χ4n) is 1.62. The summed E-state index contributed by atoms with van der Waals surface area (Å²) in [5.41, 5.74) is 2.44. The van der Waals surface area contributed by atoms with Crippen LogP contribution in [0.15, 0.2) is 40.9 Å². The summed E-state index contributed by atoms with van der Waals surface area (Å²) in [5.74, 6) is -0.236. The first kappa shape index (κ1) is 13.4. The van der Waals surface area contributed by atoms with Gasteiger partial charge in [-0.2, -0.15) is 0 Å². The van der Waals surface area contributed by atoms with Crippen molar-refractivity contribution in [1.82, 2.24) is 0 Å². The minimum Gasteiger partial charge on any atom is -0.379 e. The predicted octanol–water partition coefficient (Wildman–Crippen LogP) is 5.16. The van der Waals surface area contributed by atoms with Crippen LogP contribution in [0, 0.1) is 12.7 Å². The number of anilines is 1. The molecule has 0 saturated carbocycles. The number of aryl methyl sites for hydroxylation is 1. The summed E-state index contributed by atoms with van der Waals surface area (Å²) < 4.78 is 14.5. The molecule has 0 radical (unpaired) electrons. The molecule has 0 bridgehead atoms. The smallest absolute Gasteiger partial charge is 0.146 e. The first-order valence-electron chi connectivity index (χ1n) is 5.50. The Labute approximate surface area is 119 Å². The molecule has 0 amide bonds. The summed E-state index contributed by atoms with van der Waals surface area (Å²) >= 11 is 9.30. The molecule has 2 aromatic carbocycles. The molecule has 0 heterocycles. The third-order valence-corrected chi connectivity index (χ3v) is 3.58. The minimum absolute atomic E-state index is 0.236. The van der Waals surface area contributed by atoms with Gasteiger partial charge in [0, 0.05) is 16.0 Å². The molecular formula is C14H12BrClFN. The van der Waals surface area contributed by atoms with Crippen LogP contribution in [0.1, 0.15) is 11.1 Å². The lowest BCUT2D eigenvalue weighted by atomic mass is 10.2. The molecule has 1 N–H and O–H groups in total. The molecule has 0 atom stereocenters. The van der Waals surface area contributed by atoms with Crippen LogP contribution in [0.2, 0.25) is 5.02 Å². The molecule has 0 aliphatic carbocycles. The summed E-state index contributed by atoms with van der Waals surface area (Å²) in [4.78, 5) is 0. The standard InChI is InChI=1S/C14H12BrClFN/c1-9-2-5-14(13(17)6-9)18-8-10-3-4-11(16)7-12(10)15/h2-7,18H,8H2,1H3. The van der Waals surface area contributed by atoms with E-state index in [9.17, 15) is 4.39 Å². The molecule has 18 heavy (non-hydrogen) atoms. The Kier molecular flexibility index (Phi) is 4.25. The van der Waals surface area contributed by atoms with Gasteiger partial charge < -0.3 is 5.32 Å². The Morgan fingerprint density at radius 3 is 2.67 bits per heavy atom. The molecular weight excluding hydrogens is 317 g/mol. The van der Waals surface area contributed by atoms with Crippen LogP contribution in [-0.2, 0) is 6.54 Å². The highest BCUT2D eigenvalue weighted by molar-refractivity contribution is 9.10. The van der Waals surface area contributed by atoms with Crippen LogP contribution < -0.4 is 5.32 Å². The highest BCUT2D eigenvalue weighted by atomic mass is 79.9. The zero-order valence-electron chi connectivity index (χ0n) is 9.81. The molecule has 0 fully saturated rings. The van der Waals surface area contributed by atoms with Crippen molar-refractivity contribution in [2.75, 3.05) is 5.32 Å². The van der Waals surface area contributed by atoms with Gasteiger partial charge in [-0.3, -0.25) is 0 Å². The maximum absolute atomic E-state index is 13.6. The molecule has 0 aliphatic heterocycles. The van der Waals surface area contributed by atoms with E-state index in [1.807, 2.05) is 31.2 Å². The van der Waals surface area contributed by atoms with Crippen molar-refractivity contribution in [3.8, 4) is 0 Å². The maximum atomic E-state index is 13.6. The molecule has 4 heteroatoms. The van der Waals surface area contributed by atoms with Crippen molar-refractivity contribution in [2.45, 2.75) is 13.5 Å². The predicted molar refractivity (Wildman–Crippen MR) is 77.6 cm³/mol. The second kappa shape index (κ2) is 5.72. The van der Waals surface area contributed by atoms with Crippen molar-refractivity contribution in [3.05, 3.63) is 62.8 Å². The molecule has 94 valence electrons. The van der Waals surface area contributed by atoms with E-state index < -0.39 is 0 Å². The van der Waals surface area contributed by atoms with Gasteiger partial charge in [0.25, 0.3) is 0 Å². The molecule has 0 aliphatic rings. The Morgan fingerprint density at radius 2 is 2.00 bits per heavy atom. The van der Waals surface area contributed by atoms with E-state index in [-0.39, 0.29) is 5.82 Å². The van der Waals surface area contributed by atoms with Crippen LogP contribution in [-0.4, -0.2) is 0 Å². The normalized spacial score (nSPS) is 10.4. The maximum Gasteiger partial charge on any atom is 0.146 e. The first-order chi connectivity index (χ1) is 8.56. The van der Waals surface area contributed by atoms with Gasteiger partial charge in [-0.05, 0) is 42.3 Å². The average Bonchev–Trinajstić information content (AvgIpc) is 2.30. The SMILES string of the molecule is Cc1ccc(NCc2ccc(Cl)cc2Br)c(F)c1. The summed E-state index contributed by atoms with van der Waals surface area (Å²) in [6.07, 6.45) is 0. The zero-order chi connectivity index (χ0) is 13.1. The largest absolute Gasteiger partial charge is 0.379 e. The number of halogens is 3. The van der Waals surface area contributed by atoms with Crippen molar-refractivity contribution in [3.63, 3.8) is 0 Å². The summed E-state index contributed by atoms with van der Waals surface area (Å²) in [6.45, 7) is 2.40. The van der Waals surface area contributed by atoms with E-state index in [2.05, 4.69) is 21.2 Å². The number of benzene rings is 2. The number of nitrogens with one attached hydrogen (secondary N) is 1. The summed E-state index contributed by atoms with van der Waals surface area (Å²) in [6, 6.07) is 10.7. The third-order valence-electron chi connectivity index (χ3n) is 2.61. The van der Waals surface area contributed by atoms with Crippen LogP contribution in [0.25, 0.3) is 0 Å². The molecule has 0 saturated heterocycles. The van der Waals surface area contributed by atoms with E-state index in [1.54, 1.807) is 6.07 Å². The molecule has 0 aromatic heterocycles. The second-order valence-corrected chi connectivity index (χ2v) is 5.36. The Hall–Kier alpha value is -1.06. The number of rotatable bonds is 3. The average molecular weight is 329 g/mol. The van der Waals surface area contributed by atoms with Crippen molar-refractivity contribution >= 4 is 33.2 Å². The third kappa shape index (κ3) is 3.24. The first-order valence-corrected chi connectivity index (χ1v) is 6.67. The van der Waals surface area contributed by atoms with Gasteiger partial charge in [-0.25, -0.2) is 4.39 Å². The Bertz CT molecular complexity index is 520. The fourth-order valence-corrected chi connectivity index (χ4v) is 2.44. The van der Waals surface area contributed by atoms with Crippen LogP contribution in [0.3, 0.4) is 0 Å². The summed E-state index contributed by atoms with van der Waals surface area (Å²) in [5, 5.41) is 3.74. The van der Waals surface area contributed by atoms with Gasteiger partial charge in [-0.1, -0.05) is 39.7 Å². The van der Waals surface area contributed by atoms with Gasteiger partial charge in [0.05, 0.1) is 5.69 Å². The van der Waals surface area contributed by atoms with Crippen LogP contribution in [0.5, 0.6) is 0 Å². The van der Waals surface area contributed by atoms with Crippen molar-refractivity contribution in [1.29, 1.82) is 0 Å². The van der Waals surface area contributed by atoms with E-state index >= 15 is 0 Å². The highest BCUT2D eigenvalue weighted by Gasteiger charge is 2.04. The molecule has 2 rings (SSSR count). The Balaban J connectivity index is 2.11. The second-order valence-electron chi connectivity index (χ2n) is 4.07. The van der Waals surface area contributed by atoms with E-state index in [1.165, 1.54) is 6.07 Å². The molecule has 0 unspecified atom stereocenters. The highest BCUT2D eigenvalue weighted by Crippen LogP contribution is 2.23. The number of hydrogen-bond donors (Lipinski definition) is 1. The van der Waals surface area contributed by atoms with Gasteiger partial charge in [0.2, 0.25) is 0 Å². The van der Waals surface area contributed by atoms with Crippen molar-refractivity contribution < 1.29 is 4.39 Å². The topological polar surface area (TPSA) is 12.0 Å². The van der Waals surface area contributed by atoms with Gasteiger partial charge in [0.1, 0.15) is 5.82 Å². The van der Waals surface area contributed by atoms with E-state index in [0.717, 1.165) is 15.6 Å². The van der Waals surface area contributed by atoms with Gasteiger partial charge in [-0.15, -0.1) is 0 Å². The number of hydrogen-bond acceptors (Lipinski definition) is 1. The van der Waals surface area contributed by atoms with Crippen LogP contribution >= 0.6 is 27.5 Å². The quantitative estimate of drug-likeness (QED) is 0.820. The lowest BCUT2D eigenvalue weighted by Crippen LogP contribution is -2.02. The summed E-state index contributed by atoms with van der Waals surface area (Å²) in [7, 11) is 0. The van der Waals surface area contributed by atoms with Gasteiger partial charge >= 0.3 is 0 Å². The van der Waals surface area contributed by atoms with Crippen LogP contribution in [0.4, 0.5) is 10.1 Å². The van der Waals surface area contributed by atoms with E-state index in [4.69, 9.17) is 11.6 Å².